The molecular formula is C32H36N2O5. The lowest BCUT2D eigenvalue weighted by Crippen LogP contribution is -2.48. The summed E-state index contributed by atoms with van der Waals surface area (Å²) in [5.41, 5.74) is 1.37. The normalized spacial score (nSPS) is 18.4. The fraction of sp³-hybridized carbons (Fsp3) is 0.312. The van der Waals surface area contributed by atoms with Gasteiger partial charge in [0.1, 0.15) is 11.5 Å². The van der Waals surface area contributed by atoms with Gasteiger partial charge in [-0.2, -0.15) is 0 Å². The zero-order valence-electron chi connectivity index (χ0n) is 22.5. The second-order valence-corrected chi connectivity index (χ2v) is 9.34. The lowest BCUT2D eigenvalue weighted by molar-refractivity contribution is -0.128. The van der Waals surface area contributed by atoms with Gasteiger partial charge in [0.2, 0.25) is 5.90 Å². The topological polar surface area (TPSA) is 89.4 Å². The van der Waals surface area contributed by atoms with E-state index in [0.29, 0.717) is 43.4 Å². The van der Waals surface area contributed by atoms with Crippen molar-refractivity contribution in [3.8, 4) is 11.5 Å². The molecule has 7 nitrogen and oxygen atoms in total. The maximum absolute atomic E-state index is 13.9. The first-order chi connectivity index (χ1) is 19.1. The number of hydrogen-bond acceptors (Lipinski definition) is 6. The van der Waals surface area contributed by atoms with Crippen LogP contribution in [0.4, 0.5) is 0 Å². The van der Waals surface area contributed by atoms with Crippen molar-refractivity contribution in [2.24, 2.45) is 4.99 Å². The molecule has 3 aromatic rings. The monoisotopic (exact) mass is 528 g/mol. The van der Waals surface area contributed by atoms with E-state index in [1.54, 1.807) is 7.11 Å². The number of aliphatic hydroxyl groups is 1. The Morgan fingerprint density at radius 3 is 2.59 bits per heavy atom. The van der Waals surface area contributed by atoms with Crippen LogP contribution in [0.5, 0.6) is 11.5 Å². The van der Waals surface area contributed by atoms with Crippen LogP contribution in [0.3, 0.4) is 0 Å². The molecule has 0 radical (unpaired) electrons. The highest BCUT2D eigenvalue weighted by molar-refractivity contribution is 6.01. The summed E-state index contributed by atoms with van der Waals surface area (Å²) in [6.07, 6.45) is 5.03. The summed E-state index contributed by atoms with van der Waals surface area (Å²) in [5, 5.41) is 12.1. The number of carbonyl (C=O) groups excluding carboxylic acids is 1. The Hall–Kier alpha value is -4.10. The van der Waals surface area contributed by atoms with Crippen molar-refractivity contribution in [1.29, 1.82) is 0 Å². The summed E-state index contributed by atoms with van der Waals surface area (Å²) in [4.78, 5) is 18.9. The third-order valence-corrected chi connectivity index (χ3v) is 6.50. The lowest BCUT2D eigenvalue weighted by Gasteiger charge is -2.30. The molecule has 7 heteroatoms. The summed E-state index contributed by atoms with van der Waals surface area (Å²) in [7, 11) is 1.62. The maximum Gasteiger partial charge on any atom is 0.252 e. The van der Waals surface area contributed by atoms with E-state index < -0.39 is 11.6 Å². The number of rotatable bonds is 13. The predicted molar refractivity (Wildman–Crippen MR) is 153 cm³/mol. The van der Waals surface area contributed by atoms with Crippen LogP contribution in [0.1, 0.15) is 49.0 Å². The molecule has 1 aliphatic heterocycles. The Morgan fingerprint density at radius 2 is 1.87 bits per heavy atom. The fourth-order valence-corrected chi connectivity index (χ4v) is 4.45. The Labute approximate surface area is 230 Å². The largest absolute Gasteiger partial charge is 0.497 e. The van der Waals surface area contributed by atoms with Crippen LogP contribution in [0, 0.1) is 0 Å². The number of nitrogens with zero attached hydrogens (tertiary/aromatic N) is 1. The standard InChI is InChI=1S/C32H36N2O5/c1-3-20-33-31(36)32(19-8-12-24-10-5-4-6-11-24)29(26-13-7-14-28(23-26)37-2)39-30(34-32)25-15-17-27(18-16-25)38-22-9-21-35/h4-8,10-18,23,29,35H,3,9,19-22H2,1-2H3,(H,33,36)/b12-8+/t29-,32-/m1/s1. The molecule has 0 fully saturated rings. The molecule has 1 heterocycles. The first-order valence-corrected chi connectivity index (χ1v) is 13.3. The molecule has 0 bridgehead atoms. The van der Waals surface area contributed by atoms with Crippen molar-refractivity contribution in [3.05, 3.63) is 102 Å². The highest BCUT2D eigenvalue weighted by Crippen LogP contribution is 2.43. The number of aliphatic imine (C=N–C) groups is 1. The average Bonchev–Trinajstić information content (AvgIpc) is 3.38. The molecule has 0 aliphatic carbocycles. The van der Waals surface area contributed by atoms with Crippen LogP contribution in [-0.4, -0.2) is 49.3 Å². The number of aliphatic hydroxyl groups excluding tert-OH is 1. The molecule has 0 saturated heterocycles. The summed E-state index contributed by atoms with van der Waals surface area (Å²) < 4.78 is 17.7. The van der Waals surface area contributed by atoms with Crippen molar-refractivity contribution in [3.63, 3.8) is 0 Å². The molecule has 39 heavy (non-hydrogen) atoms. The summed E-state index contributed by atoms with van der Waals surface area (Å²) >= 11 is 0. The van der Waals surface area contributed by atoms with E-state index in [4.69, 9.17) is 24.3 Å². The number of methoxy groups -OCH3 is 1. The molecule has 0 unspecified atom stereocenters. The van der Waals surface area contributed by atoms with Crippen LogP contribution in [0.15, 0.2) is 89.9 Å². The molecule has 4 rings (SSSR count). The third-order valence-electron chi connectivity index (χ3n) is 6.50. The minimum atomic E-state index is -1.22. The van der Waals surface area contributed by atoms with Gasteiger partial charge in [0, 0.05) is 31.6 Å². The molecule has 0 spiro atoms. The summed E-state index contributed by atoms with van der Waals surface area (Å²) in [5.74, 6) is 1.57. The molecule has 2 N–H and O–H groups in total. The Bertz CT molecular complexity index is 1270. The van der Waals surface area contributed by atoms with E-state index in [9.17, 15) is 4.79 Å². The second-order valence-electron chi connectivity index (χ2n) is 9.34. The Morgan fingerprint density at radius 1 is 1.08 bits per heavy atom. The minimum absolute atomic E-state index is 0.0787. The molecule has 1 amide bonds. The van der Waals surface area contributed by atoms with Crippen LogP contribution in [-0.2, 0) is 9.53 Å². The summed E-state index contributed by atoms with van der Waals surface area (Å²) in [6.45, 7) is 3.07. The van der Waals surface area contributed by atoms with Crippen LogP contribution in [0.25, 0.3) is 6.08 Å². The first-order valence-electron chi connectivity index (χ1n) is 13.3. The van der Waals surface area contributed by atoms with Gasteiger partial charge >= 0.3 is 0 Å². The molecule has 0 aromatic heterocycles. The fourth-order valence-electron chi connectivity index (χ4n) is 4.45. The highest BCUT2D eigenvalue weighted by Gasteiger charge is 2.52. The van der Waals surface area contributed by atoms with Gasteiger partial charge in [-0.15, -0.1) is 0 Å². The Balaban J connectivity index is 1.73. The second kappa shape index (κ2) is 13.6. The molecular weight excluding hydrogens is 492 g/mol. The molecule has 3 aromatic carbocycles. The minimum Gasteiger partial charge on any atom is -0.497 e. The molecule has 204 valence electrons. The van der Waals surface area contributed by atoms with Crippen molar-refractivity contribution in [1.82, 2.24) is 5.32 Å². The van der Waals surface area contributed by atoms with E-state index in [0.717, 1.165) is 23.1 Å². The lowest BCUT2D eigenvalue weighted by atomic mass is 9.84. The number of ether oxygens (including phenoxy) is 3. The van der Waals surface area contributed by atoms with E-state index in [1.807, 2.05) is 97.9 Å². The van der Waals surface area contributed by atoms with Crippen LogP contribution >= 0.6 is 0 Å². The van der Waals surface area contributed by atoms with Gasteiger partial charge in [-0.3, -0.25) is 4.79 Å². The third kappa shape index (κ3) is 6.86. The molecule has 0 saturated carbocycles. The van der Waals surface area contributed by atoms with Crippen LogP contribution < -0.4 is 14.8 Å². The van der Waals surface area contributed by atoms with E-state index in [-0.39, 0.29) is 12.5 Å². The summed E-state index contributed by atoms with van der Waals surface area (Å²) in [6, 6.07) is 25.0. The van der Waals surface area contributed by atoms with Crippen molar-refractivity contribution >= 4 is 17.9 Å². The van der Waals surface area contributed by atoms with E-state index >= 15 is 0 Å². The number of benzene rings is 3. The van der Waals surface area contributed by atoms with E-state index in [2.05, 4.69) is 5.32 Å². The van der Waals surface area contributed by atoms with Gasteiger partial charge in [-0.25, -0.2) is 4.99 Å². The van der Waals surface area contributed by atoms with Crippen molar-refractivity contribution in [2.45, 2.75) is 37.8 Å². The van der Waals surface area contributed by atoms with Crippen molar-refractivity contribution < 1.29 is 24.1 Å². The van der Waals surface area contributed by atoms with Crippen LogP contribution in [0.2, 0.25) is 0 Å². The SMILES string of the molecule is CCCNC(=O)[C@]1(C/C=C/c2ccccc2)N=C(c2ccc(OCCCO)cc2)O[C@@H]1c1cccc(OC)c1. The zero-order chi connectivity index (χ0) is 27.5. The van der Waals surface area contributed by atoms with E-state index in [1.165, 1.54) is 0 Å². The number of amides is 1. The quantitative estimate of drug-likeness (QED) is 0.292. The highest BCUT2D eigenvalue weighted by atomic mass is 16.5. The number of hydrogen-bond donors (Lipinski definition) is 2. The first kappa shape index (κ1) is 27.9. The van der Waals surface area contributed by atoms with Gasteiger partial charge in [-0.1, -0.05) is 61.5 Å². The maximum atomic E-state index is 13.9. The number of nitrogens with one attached hydrogen (secondary N) is 1. The van der Waals surface area contributed by atoms with Gasteiger partial charge in [0.05, 0.1) is 13.7 Å². The molecule has 2 atom stereocenters. The molecule has 1 aliphatic rings. The van der Waals surface area contributed by atoms with Gasteiger partial charge in [0.15, 0.2) is 11.6 Å². The smallest absolute Gasteiger partial charge is 0.252 e. The average molecular weight is 529 g/mol. The van der Waals surface area contributed by atoms with Gasteiger partial charge in [-0.05, 0) is 53.9 Å². The zero-order valence-corrected chi connectivity index (χ0v) is 22.5. The Kier molecular flexibility index (Phi) is 9.75. The predicted octanol–water partition coefficient (Wildman–Crippen LogP) is 5.34. The van der Waals surface area contributed by atoms with Crippen molar-refractivity contribution in [2.75, 3.05) is 26.9 Å². The van der Waals surface area contributed by atoms with Gasteiger partial charge in [0.25, 0.3) is 5.91 Å². The van der Waals surface area contributed by atoms with Gasteiger partial charge < -0.3 is 24.6 Å². The number of carbonyl (C=O) groups is 1.